The predicted octanol–water partition coefficient (Wildman–Crippen LogP) is 3.63. The SMILES string of the molecule is CNC(=O)c1c(NC(=O)c2cccc(Cl)c2)sc(C)c1C. The first-order valence-electron chi connectivity index (χ1n) is 6.33. The van der Waals surface area contributed by atoms with Crippen molar-refractivity contribution in [3.05, 3.63) is 50.9 Å². The molecule has 2 aromatic rings. The van der Waals surface area contributed by atoms with E-state index in [1.807, 2.05) is 13.8 Å². The van der Waals surface area contributed by atoms with Gasteiger partial charge in [0.1, 0.15) is 5.00 Å². The molecule has 0 aliphatic carbocycles. The average molecular weight is 323 g/mol. The first-order chi connectivity index (χ1) is 9.93. The summed E-state index contributed by atoms with van der Waals surface area (Å²) in [6, 6.07) is 6.67. The van der Waals surface area contributed by atoms with Crippen LogP contribution in [0.2, 0.25) is 5.02 Å². The number of aryl methyl sites for hydroxylation is 1. The number of carbonyl (C=O) groups excluding carboxylic acids is 2. The molecule has 0 atom stereocenters. The lowest BCUT2D eigenvalue weighted by Gasteiger charge is -2.07. The van der Waals surface area contributed by atoms with Crippen LogP contribution in [-0.2, 0) is 0 Å². The molecule has 2 rings (SSSR count). The highest BCUT2D eigenvalue weighted by atomic mass is 35.5. The molecule has 0 bridgehead atoms. The van der Waals surface area contributed by atoms with Gasteiger partial charge in [-0.25, -0.2) is 0 Å². The van der Waals surface area contributed by atoms with Gasteiger partial charge in [-0.3, -0.25) is 9.59 Å². The van der Waals surface area contributed by atoms with E-state index >= 15 is 0 Å². The molecule has 0 aliphatic heterocycles. The van der Waals surface area contributed by atoms with Crippen LogP contribution in [0.25, 0.3) is 0 Å². The Bertz CT molecular complexity index is 710. The summed E-state index contributed by atoms with van der Waals surface area (Å²) in [7, 11) is 1.57. The standard InChI is InChI=1S/C15H15ClN2O2S/c1-8-9(2)21-15(12(8)14(20)17-3)18-13(19)10-5-4-6-11(16)7-10/h4-7H,1-3H3,(H,17,20)(H,18,19). The summed E-state index contributed by atoms with van der Waals surface area (Å²) in [5.41, 5.74) is 1.84. The highest BCUT2D eigenvalue weighted by Crippen LogP contribution is 2.32. The van der Waals surface area contributed by atoms with Crippen LogP contribution in [0.4, 0.5) is 5.00 Å². The third-order valence-corrected chi connectivity index (χ3v) is 4.51. The molecule has 0 unspecified atom stereocenters. The lowest BCUT2D eigenvalue weighted by Crippen LogP contribution is -2.21. The minimum absolute atomic E-state index is 0.210. The first-order valence-corrected chi connectivity index (χ1v) is 7.52. The van der Waals surface area contributed by atoms with Crippen molar-refractivity contribution in [1.29, 1.82) is 0 Å². The molecule has 2 N–H and O–H groups in total. The molecule has 1 aromatic carbocycles. The Kier molecular flexibility index (Phi) is 4.65. The van der Waals surface area contributed by atoms with Gasteiger partial charge in [-0.2, -0.15) is 0 Å². The minimum atomic E-state index is -0.288. The third-order valence-electron chi connectivity index (χ3n) is 3.15. The Hall–Kier alpha value is -1.85. The largest absolute Gasteiger partial charge is 0.355 e. The molecule has 1 heterocycles. The van der Waals surface area contributed by atoms with Gasteiger partial charge in [-0.15, -0.1) is 11.3 Å². The average Bonchev–Trinajstić information content (AvgIpc) is 2.73. The number of benzene rings is 1. The zero-order valence-electron chi connectivity index (χ0n) is 11.9. The molecule has 0 saturated carbocycles. The first kappa shape index (κ1) is 15.5. The smallest absolute Gasteiger partial charge is 0.256 e. The topological polar surface area (TPSA) is 58.2 Å². The van der Waals surface area contributed by atoms with Crippen molar-refractivity contribution >= 4 is 39.8 Å². The molecule has 0 aliphatic rings. The van der Waals surface area contributed by atoms with Crippen LogP contribution in [0.1, 0.15) is 31.2 Å². The summed E-state index contributed by atoms with van der Waals surface area (Å²) in [5.74, 6) is -0.498. The van der Waals surface area contributed by atoms with E-state index in [0.29, 0.717) is 21.2 Å². The number of carbonyl (C=O) groups is 2. The van der Waals surface area contributed by atoms with Crippen molar-refractivity contribution in [3.63, 3.8) is 0 Å². The molecule has 1 aromatic heterocycles. The molecule has 0 saturated heterocycles. The van der Waals surface area contributed by atoms with Crippen molar-refractivity contribution in [2.45, 2.75) is 13.8 Å². The molecule has 110 valence electrons. The molecule has 0 spiro atoms. The van der Waals surface area contributed by atoms with Crippen LogP contribution < -0.4 is 10.6 Å². The summed E-state index contributed by atoms with van der Waals surface area (Å²) in [6.07, 6.45) is 0. The summed E-state index contributed by atoms with van der Waals surface area (Å²) >= 11 is 7.27. The molecular weight excluding hydrogens is 308 g/mol. The lowest BCUT2D eigenvalue weighted by atomic mass is 10.1. The molecule has 0 fully saturated rings. The Labute approximate surface area is 132 Å². The van der Waals surface area contributed by atoms with E-state index in [-0.39, 0.29) is 11.8 Å². The van der Waals surface area contributed by atoms with E-state index in [1.165, 1.54) is 11.3 Å². The third kappa shape index (κ3) is 3.25. The fraction of sp³-hybridized carbons (Fsp3) is 0.200. The van der Waals surface area contributed by atoms with Crippen molar-refractivity contribution in [1.82, 2.24) is 5.32 Å². The number of rotatable bonds is 3. The minimum Gasteiger partial charge on any atom is -0.355 e. The quantitative estimate of drug-likeness (QED) is 0.906. The van der Waals surface area contributed by atoms with Gasteiger partial charge in [0.2, 0.25) is 0 Å². The number of halogens is 1. The number of amides is 2. The fourth-order valence-electron chi connectivity index (χ4n) is 1.92. The van der Waals surface area contributed by atoms with E-state index in [9.17, 15) is 9.59 Å². The molecular formula is C15H15ClN2O2S. The monoisotopic (exact) mass is 322 g/mol. The van der Waals surface area contributed by atoms with Gasteiger partial charge >= 0.3 is 0 Å². The molecule has 4 nitrogen and oxygen atoms in total. The van der Waals surface area contributed by atoms with Gasteiger partial charge in [0.15, 0.2) is 0 Å². The Morgan fingerprint density at radius 2 is 1.90 bits per heavy atom. The zero-order valence-corrected chi connectivity index (χ0v) is 13.5. The van der Waals surface area contributed by atoms with Crippen molar-refractivity contribution in [2.75, 3.05) is 12.4 Å². The molecule has 6 heteroatoms. The summed E-state index contributed by atoms with van der Waals surface area (Å²) in [6.45, 7) is 3.78. The second-order valence-corrected chi connectivity index (χ2v) is 6.19. The van der Waals surface area contributed by atoms with Crippen molar-refractivity contribution in [2.24, 2.45) is 0 Å². The van der Waals surface area contributed by atoms with Crippen LogP contribution in [0.3, 0.4) is 0 Å². The van der Waals surface area contributed by atoms with Crippen LogP contribution in [0.15, 0.2) is 24.3 Å². The maximum atomic E-state index is 12.3. The second kappa shape index (κ2) is 6.28. The van der Waals surface area contributed by atoms with Gasteiger partial charge < -0.3 is 10.6 Å². The Balaban J connectivity index is 2.34. The normalized spacial score (nSPS) is 10.3. The zero-order chi connectivity index (χ0) is 15.6. The van der Waals surface area contributed by atoms with Gasteiger partial charge in [-0.05, 0) is 37.6 Å². The summed E-state index contributed by atoms with van der Waals surface area (Å²) in [5, 5.41) is 6.43. The number of hydrogen-bond donors (Lipinski definition) is 2. The number of anilines is 1. The number of thiophene rings is 1. The summed E-state index contributed by atoms with van der Waals surface area (Å²) in [4.78, 5) is 25.2. The van der Waals surface area contributed by atoms with Gasteiger partial charge in [-0.1, -0.05) is 17.7 Å². The number of hydrogen-bond acceptors (Lipinski definition) is 3. The Morgan fingerprint density at radius 1 is 1.19 bits per heavy atom. The maximum absolute atomic E-state index is 12.3. The van der Waals surface area contributed by atoms with Crippen molar-refractivity contribution in [3.8, 4) is 0 Å². The maximum Gasteiger partial charge on any atom is 0.256 e. The van der Waals surface area contributed by atoms with E-state index in [1.54, 1.807) is 31.3 Å². The number of nitrogens with one attached hydrogen (secondary N) is 2. The summed E-state index contributed by atoms with van der Waals surface area (Å²) < 4.78 is 0. The second-order valence-electron chi connectivity index (χ2n) is 4.53. The van der Waals surface area contributed by atoms with Crippen molar-refractivity contribution < 1.29 is 9.59 Å². The van der Waals surface area contributed by atoms with E-state index in [0.717, 1.165) is 10.4 Å². The van der Waals surface area contributed by atoms with E-state index in [2.05, 4.69) is 10.6 Å². The molecule has 0 radical (unpaired) electrons. The van der Waals surface area contributed by atoms with Crippen LogP contribution in [0, 0.1) is 13.8 Å². The Morgan fingerprint density at radius 3 is 2.52 bits per heavy atom. The van der Waals surface area contributed by atoms with Gasteiger partial charge in [0.25, 0.3) is 11.8 Å². The molecule has 21 heavy (non-hydrogen) atoms. The molecule has 2 amide bonds. The van der Waals surface area contributed by atoms with Gasteiger partial charge in [0.05, 0.1) is 5.56 Å². The van der Waals surface area contributed by atoms with E-state index < -0.39 is 0 Å². The van der Waals surface area contributed by atoms with Gasteiger partial charge in [0, 0.05) is 22.5 Å². The van der Waals surface area contributed by atoms with Crippen LogP contribution in [0.5, 0.6) is 0 Å². The van der Waals surface area contributed by atoms with Crippen LogP contribution >= 0.6 is 22.9 Å². The fourth-order valence-corrected chi connectivity index (χ4v) is 3.16. The highest BCUT2D eigenvalue weighted by molar-refractivity contribution is 7.16. The van der Waals surface area contributed by atoms with E-state index in [4.69, 9.17) is 11.6 Å². The lowest BCUT2D eigenvalue weighted by molar-refractivity contribution is 0.0963. The highest BCUT2D eigenvalue weighted by Gasteiger charge is 2.20. The van der Waals surface area contributed by atoms with Crippen LogP contribution in [-0.4, -0.2) is 18.9 Å². The predicted molar refractivity (Wildman–Crippen MR) is 86.6 cm³/mol.